The fourth-order valence-corrected chi connectivity index (χ4v) is 1.00. The molecule has 0 unspecified atom stereocenters. The first-order chi connectivity index (χ1) is 6.52. The average molecular weight is 236 g/mol. The monoisotopic (exact) mass is 235 g/mol. The van der Waals surface area contributed by atoms with E-state index in [4.69, 9.17) is 16.5 Å². The van der Waals surface area contributed by atoms with Gasteiger partial charge in [-0.25, -0.2) is 4.42 Å². The number of rotatable bonds is 3. The number of carbonyl (C=O) groups is 1. The standard InChI is InChI=1S/C11H22ClNO2/c1-10(2,3)13(12)8-7-9(14)15-11(4,5)6/h7-8H2,1-6H3. The molecular formula is C11H22ClNO2. The number of hydrogen-bond donors (Lipinski definition) is 0. The lowest BCUT2D eigenvalue weighted by atomic mass is 10.1. The summed E-state index contributed by atoms with van der Waals surface area (Å²) in [7, 11) is 0. The lowest BCUT2D eigenvalue weighted by molar-refractivity contribution is -0.155. The van der Waals surface area contributed by atoms with Crippen LogP contribution < -0.4 is 0 Å². The number of esters is 1. The van der Waals surface area contributed by atoms with Gasteiger partial charge in [-0.3, -0.25) is 4.79 Å². The zero-order valence-corrected chi connectivity index (χ0v) is 11.3. The second-order valence-electron chi connectivity index (χ2n) is 5.59. The van der Waals surface area contributed by atoms with E-state index >= 15 is 0 Å². The first-order valence-electron chi connectivity index (χ1n) is 5.17. The largest absolute Gasteiger partial charge is 0.460 e. The Bertz CT molecular complexity index is 216. The Morgan fingerprint density at radius 2 is 1.67 bits per heavy atom. The van der Waals surface area contributed by atoms with E-state index in [0.717, 1.165) is 0 Å². The Kier molecular flexibility index (Phi) is 5.07. The summed E-state index contributed by atoms with van der Waals surface area (Å²) < 4.78 is 6.80. The highest BCUT2D eigenvalue weighted by atomic mass is 35.5. The van der Waals surface area contributed by atoms with Gasteiger partial charge >= 0.3 is 5.97 Å². The predicted octanol–water partition coefficient (Wildman–Crippen LogP) is 2.97. The molecule has 0 N–H and O–H groups in total. The molecule has 0 aliphatic carbocycles. The summed E-state index contributed by atoms with van der Waals surface area (Å²) in [6.45, 7) is 12.0. The Morgan fingerprint density at radius 1 is 1.20 bits per heavy atom. The zero-order chi connectivity index (χ0) is 12.3. The summed E-state index contributed by atoms with van der Waals surface area (Å²) >= 11 is 6.00. The molecule has 0 amide bonds. The fourth-order valence-electron chi connectivity index (χ4n) is 0.917. The van der Waals surface area contributed by atoms with Crippen LogP contribution in [0, 0.1) is 0 Å². The summed E-state index contributed by atoms with van der Waals surface area (Å²) in [5.74, 6) is -0.211. The van der Waals surface area contributed by atoms with Crippen LogP contribution in [0.5, 0.6) is 0 Å². The minimum atomic E-state index is -0.421. The molecule has 0 radical (unpaired) electrons. The van der Waals surface area contributed by atoms with Crippen molar-refractivity contribution in [3.8, 4) is 0 Å². The van der Waals surface area contributed by atoms with Gasteiger partial charge in [-0.05, 0) is 53.3 Å². The number of nitrogens with zero attached hydrogens (tertiary/aromatic N) is 1. The summed E-state index contributed by atoms with van der Waals surface area (Å²) in [5, 5.41) is 0. The second-order valence-corrected chi connectivity index (χ2v) is 6.00. The van der Waals surface area contributed by atoms with Gasteiger partial charge in [0.15, 0.2) is 0 Å². The Morgan fingerprint density at radius 3 is 2.00 bits per heavy atom. The molecule has 0 heterocycles. The minimum Gasteiger partial charge on any atom is -0.460 e. The molecule has 0 fully saturated rings. The van der Waals surface area contributed by atoms with Gasteiger partial charge in [-0.1, -0.05) is 0 Å². The molecule has 15 heavy (non-hydrogen) atoms. The van der Waals surface area contributed by atoms with Crippen molar-refractivity contribution in [2.45, 2.75) is 59.1 Å². The molecule has 0 aliphatic heterocycles. The van der Waals surface area contributed by atoms with E-state index in [1.54, 1.807) is 4.42 Å². The predicted molar refractivity (Wildman–Crippen MR) is 62.8 cm³/mol. The summed E-state index contributed by atoms with van der Waals surface area (Å²) in [5.41, 5.74) is -0.556. The van der Waals surface area contributed by atoms with Gasteiger partial charge in [0, 0.05) is 12.1 Å². The van der Waals surface area contributed by atoms with Crippen LogP contribution in [0.15, 0.2) is 0 Å². The normalized spacial score (nSPS) is 13.1. The molecule has 0 rings (SSSR count). The lowest BCUT2D eigenvalue weighted by Gasteiger charge is -2.28. The van der Waals surface area contributed by atoms with E-state index < -0.39 is 5.60 Å². The maximum Gasteiger partial charge on any atom is 0.307 e. The molecule has 0 aromatic carbocycles. The molecule has 0 spiro atoms. The second kappa shape index (κ2) is 5.17. The van der Waals surface area contributed by atoms with E-state index in [1.807, 2.05) is 41.5 Å². The molecule has 0 saturated heterocycles. The Labute approximate surface area is 97.8 Å². The van der Waals surface area contributed by atoms with Crippen LogP contribution in [0.3, 0.4) is 0 Å². The third-order valence-electron chi connectivity index (χ3n) is 1.66. The van der Waals surface area contributed by atoms with Crippen molar-refractivity contribution in [3.63, 3.8) is 0 Å². The maximum absolute atomic E-state index is 11.4. The van der Waals surface area contributed by atoms with E-state index in [0.29, 0.717) is 13.0 Å². The van der Waals surface area contributed by atoms with Crippen LogP contribution in [-0.2, 0) is 9.53 Å². The summed E-state index contributed by atoms with van der Waals surface area (Å²) in [6, 6.07) is 0. The number of ether oxygens (including phenoxy) is 1. The van der Waals surface area contributed by atoms with Crippen molar-refractivity contribution in [3.05, 3.63) is 0 Å². The van der Waals surface area contributed by atoms with Crippen LogP contribution >= 0.6 is 11.8 Å². The molecule has 0 aromatic rings. The van der Waals surface area contributed by atoms with Crippen LogP contribution in [-0.4, -0.2) is 28.1 Å². The van der Waals surface area contributed by atoms with Crippen molar-refractivity contribution >= 4 is 17.7 Å². The van der Waals surface area contributed by atoms with E-state index in [-0.39, 0.29) is 11.5 Å². The Balaban J connectivity index is 3.92. The molecule has 0 atom stereocenters. The van der Waals surface area contributed by atoms with E-state index in [1.165, 1.54) is 0 Å². The third kappa shape index (κ3) is 7.63. The van der Waals surface area contributed by atoms with Crippen molar-refractivity contribution in [2.24, 2.45) is 0 Å². The highest BCUT2D eigenvalue weighted by molar-refractivity contribution is 6.13. The lowest BCUT2D eigenvalue weighted by Crippen LogP contribution is -2.36. The van der Waals surface area contributed by atoms with Gasteiger partial charge in [0.2, 0.25) is 0 Å². The van der Waals surface area contributed by atoms with Crippen LogP contribution in [0.25, 0.3) is 0 Å². The average Bonchev–Trinajstić information content (AvgIpc) is 1.94. The molecule has 0 aromatic heterocycles. The molecule has 90 valence electrons. The van der Waals surface area contributed by atoms with Gasteiger partial charge in [-0.2, -0.15) is 0 Å². The maximum atomic E-state index is 11.4. The van der Waals surface area contributed by atoms with Crippen molar-refractivity contribution in [2.75, 3.05) is 6.54 Å². The van der Waals surface area contributed by atoms with Crippen LogP contribution in [0.1, 0.15) is 48.0 Å². The zero-order valence-electron chi connectivity index (χ0n) is 10.6. The molecule has 0 bridgehead atoms. The molecule has 0 aliphatic rings. The Hall–Kier alpha value is -0.280. The SMILES string of the molecule is CC(C)(C)OC(=O)CCN(Cl)C(C)(C)C. The first-order valence-corrected chi connectivity index (χ1v) is 5.51. The highest BCUT2D eigenvalue weighted by Gasteiger charge is 2.22. The fraction of sp³-hybridized carbons (Fsp3) is 0.909. The smallest absolute Gasteiger partial charge is 0.307 e. The summed E-state index contributed by atoms with van der Waals surface area (Å²) in [6.07, 6.45) is 0.317. The number of carbonyl (C=O) groups excluding carboxylic acids is 1. The highest BCUT2D eigenvalue weighted by Crippen LogP contribution is 2.16. The molecule has 0 saturated carbocycles. The molecule has 4 heteroatoms. The minimum absolute atomic E-state index is 0.135. The molecule has 3 nitrogen and oxygen atoms in total. The first kappa shape index (κ1) is 14.7. The third-order valence-corrected chi connectivity index (χ3v) is 2.34. The van der Waals surface area contributed by atoms with Crippen molar-refractivity contribution < 1.29 is 9.53 Å². The topological polar surface area (TPSA) is 29.5 Å². The van der Waals surface area contributed by atoms with E-state index in [2.05, 4.69) is 0 Å². The van der Waals surface area contributed by atoms with Gasteiger partial charge in [0.1, 0.15) is 5.60 Å². The van der Waals surface area contributed by atoms with Gasteiger partial charge in [0.25, 0.3) is 0 Å². The van der Waals surface area contributed by atoms with Gasteiger partial charge in [-0.15, -0.1) is 0 Å². The van der Waals surface area contributed by atoms with Gasteiger partial charge in [0.05, 0.1) is 6.42 Å². The molecular weight excluding hydrogens is 214 g/mol. The van der Waals surface area contributed by atoms with E-state index in [9.17, 15) is 4.79 Å². The van der Waals surface area contributed by atoms with Crippen LogP contribution in [0.2, 0.25) is 0 Å². The summed E-state index contributed by atoms with van der Waals surface area (Å²) in [4.78, 5) is 11.4. The number of halogens is 1. The van der Waals surface area contributed by atoms with Gasteiger partial charge < -0.3 is 4.74 Å². The quantitative estimate of drug-likeness (QED) is 0.557. The van der Waals surface area contributed by atoms with Crippen molar-refractivity contribution in [1.82, 2.24) is 4.42 Å². The van der Waals surface area contributed by atoms with Crippen LogP contribution in [0.4, 0.5) is 0 Å². The van der Waals surface area contributed by atoms with Crippen molar-refractivity contribution in [1.29, 1.82) is 0 Å². The number of hydrogen-bond acceptors (Lipinski definition) is 3.